The number of pyridine rings is 1. The van der Waals surface area contributed by atoms with Crippen LogP contribution in [-0.4, -0.2) is 23.6 Å². The summed E-state index contributed by atoms with van der Waals surface area (Å²) in [7, 11) is 3.24. The van der Waals surface area contributed by atoms with Crippen molar-refractivity contribution in [3.8, 4) is 22.8 Å². The molecule has 0 saturated heterocycles. The summed E-state index contributed by atoms with van der Waals surface area (Å²) < 4.78 is 12.5. The second-order valence-corrected chi connectivity index (χ2v) is 4.32. The van der Waals surface area contributed by atoms with Crippen molar-refractivity contribution >= 4 is 11.5 Å². The molecule has 5 heteroatoms. The van der Waals surface area contributed by atoms with Gasteiger partial charge in [-0.15, -0.1) is 0 Å². The minimum absolute atomic E-state index is 0.559. The Bertz CT molecular complexity index is 765. The van der Waals surface area contributed by atoms with Gasteiger partial charge in [-0.3, -0.25) is 4.40 Å². The van der Waals surface area contributed by atoms with Gasteiger partial charge in [0.2, 0.25) is 0 Å². The van der Waals surface area contributed by atoms with Crippen LogP contribution in [0.4, 0.5) is 5.82 Å². The molecule has 0 saturated carbocycles. The largest absolute Gasteiger partial charge is 0.496 e. The van der Waals surface area contributed by atoms with E-state index in [1.165, 1.54) is 0 Å². The van der Waals surface area contributed by atoms with Crippen LogP contribution in [0.1, 0.15) is 0 Å². The molecule has 0 aliphatic rings. The van der Waals surface area contributed by atoms with Gasteiger partial charge in [-0.05, 0) is 24.3 Å². The first kappa shape index (κ1) is 12.3. The highest BCUT2D eigenvalue weighted by Gasteiger charge is 2.16. The van der Waals surface area contributed by atoms with Crippen molar-refractivity contribution in [1.29, 1.82) is 0 Å². The molecule has 3 rings (SSSR count). The molecule has 0 bridgehead atoms. The number of benzene rings is 1. The van der Waals surface area contributed by atoms with E-state index in [-0.39, 0.29) is 0 Å². The number of anilines is 1. The predicted molar refractivity (Wildman–Crippen MR) is 78.1 cm³/mol. The number of hydrogen-bond donors (Lipinski definition) is 1. The summed E-state index contributed by atoms with van der Waals surface area (Å²) in [4.78, 5) is 4.59. The SMILES string of the molecule is COc1ccccc1-c1nc2c(OC)cccn2c1N. The second-order valence-electron chi connectivity index (χ2n) is 4.32. The van der Waals surface area contributed by atoms with Crippen LogP contribution in [0.2, 0.25) is 0 Å². The van der Waals surface area contributed by atoms with Gasteiger partial charge in [0.15, 0.2) is 11.4 Å². The van der Waals surface area contributed by atoms with Crippen molar-refractivity contribution in [3.05, 3.63) is 42.6 Å². The zero-order chi connectivity index (χ0) is 14.1. The van der Waals surface area contributed by atoms with E-state index in [0.717, 1.165) is 11.3 Å². The lowest BCUT2D eigenvalue weighted by Crippen LogP contribution is -1.95. The molecule has 2 aromatic heterocycles. The first-order valence-corrected chi connectivity index (χ1v) is 6.20. The Morgan fingerprint density at radius 1 is 1.00 bits per heavy atom. The molecule has 0 amide bonds. The normalized spacial score (nSPS) is 10.7. The molecule has 2 N–H and O–H groups in total. The smallest absolute Gasteiger partial charge is 0.181 e. The van der Waals surface area contributed by atoms with E-state index in [1.807, 2.05) is 42.6 Å². The third kappa shape index (κ3) is 1.75. The van der Waals surface area contributed by atoms with Crippen LogP contribution in [0.25, 0.3) is 16.9 Å². The summed E-state index contributed by atoms with van der Waals surface area (Å²) in [6.07, 6.45) is 1.86. The molecule has 0 aliphatic carbocycles. The molecule has 0 atom stereocenters. The number of imidazole rings is 1. The van der Waals surface area contributed by atoms with Crippen LogP contribution in [0.15, 0.2) is 42.6 Å². The van der Waals surface area contributed by atoms with Gasteiger partial charge in [0.1, 0.15) is 17.3 Å². The van der Waals surface area contributed by atoms with E-state index in [0.29, 0.717) is 22.9 Å². The summed E-state index contributed by atoms with van der Waals surface area (Å²) in [6.45, 7) is 0. The summed E-state index contributed by atoms with van der Waals surface area (Å²) in [5.74, 6) is 1.98. The first-order chi connectivity index (χ1) is 9.76. The number of rotatable bonds is 3. The lowest BCUT2D eigenvalue weighted by Gasteiger charge is -2.06. The van der Waals surface area contributed by atoms with E-state index < -0.39 is 0 Å². The second kappa shape index (κ2) is 4.77. The monoisotopic (exact) mass is 269 g/mol. The molecule has 0 fully saturated rings. The molecule has 5 nitrogen and oxygen atoms in total. The maximum absolute atomic E-state index is 6.21. The highest BCUT2D eigenvalue weighted by atomic mass is 16.5. The van der Waals surface area contributed by atoms with E-state index in [1.54, 1.807) is 18.6 Å². The molecular weight excluding hydrogens is 254 g/mol. The molecular formula is C15H15N3O2. The fourth-order valence-electron chi connectivity index (χ4n) is 2.26. The number of nitrogen functional groups attached to an aromatic ring is 1. The Morgan fingerprint density at radius 2 is 1.70 bits per heavy atom. The van der Waals surface area contributed by atoms with Crippen LogP contribution < -0.4 is 15.2 Å². The Balaban J connectivity index is 2.29. The molecule has 0 unspecified atom stereocenters. The van der Waals surface area contributed by atoms with Gasteiger partial charge in [0.05, 0.1) is 14.2 Å². The number of aromatic nitrogens is 2. The van der Waals surface area contributed by atoms with Gasteiger partial charge in [-0.2, -0.15) is 0 Å². The number of nitrogens with two attached hydrogens (primary N) is 1. The fourth-order valence-corrected chi connectivity index (χ4v) is 2.26. The number of para-hydroxylation sites is 1. The van der Waals surface area contributed by atoms with Crippen molar-refractivity contribution in [1.82, 2.24) is 9.38 Å². The summed E-state index contributed by atoms with van der Waals surface area (Å²) in [6, 6.07) is 11.4. The van der Waals surface area contributed by atoms with Crippen LogP contribution in [-0.2, 0) is 0 Å². The van der Waals surface area contributed by atoms with Crippen molar-refractivity contribution in [2.75, 3.05) is 20.0 Å². The lowest BCUT2D eigenvalue weighted by molar-refractivity contribution is 0.416. The molecule has 2 heterocycles. The average Bonchev–Trinajstić information content (AvgIpc) is 2.84. The number of nitrogens with zero attached hydrogens (tertiary/aromatic N) is 2. The van der Waals surface area contributed by atoms with Gasteiger partial charge in [-0.25, -0.2) is 4.98 Å². The molecule has 0 aliphatic heterocycles. The fraction of sp³-hybridized carbons (Fsp3) is 0.133. The minimum Gasteiger partial charge on any atom is -0.496 e. The molecule has 0 radical (unpaired) electrons. The van der Waals surface area contributed by atoms with E-state index in [2.05, 4.69) is 4.98 Å². The van der Waals surface area contributed by atoms with Crippen molar-refractivity contribution in [2.45, 2.75) is 0 Å². The van der Waals surface area contributed by atoms with Crippen LogP contribution in [0.5, 0.6) is 11.5 Å². The van der Waals surface area contributed by atoms with Gasteiger partial charge in [0, 0.05) is 11.8 Å². The zero-order valence-electron chi connectivity index (χ0n) is 11.3. The van der Waals surface area contributed by atoms with Crippen molar-refractivity contribution in [2.24, 2.45) is 0 Å². The standard InChI is InChI=1S/C15H15N3O2/c1-19-11-7-4-3-6-10(11)13-14(16)18-9-5-8-12(20-2)15(18)17-13/h3-9H,16H2,1-2H3. The summed E-state index contributed by atoms with van der Waals surface area (Å²) in [5.41, 5.74) is 8.44. The molecule has 0 spiro atoms. The molecule has 3 aromatic rings. The highest BCUT2D eigenvalue weighted by Crippen LogP contribution is 2.35. The maximum atomic E-state index is 6.21. The van der Waals surface area contributed by atoms with Crippen LogP contribution in [0, 0.1) is 0 Å². The van der Waals surface area contributed by atoms with Crippen LogP contribution in [0.3, 0.4) is 0 Å². The van der Waals surface area contributed by atoms with Gasteiger partial charge < -0.3 is 15.2 Å². The van der Waals surface area contributed by atoms with Gasteiger partial charge in [0.25, 0.3) is 0 Å². The Morgan fingerprint density at radius 3 is 2.45 bits per heavy atom. The lowest BCUT2D eigenvalue weighted by atomic mass is 10.1. The number of fused-ring (bicyclic) bond motifs is 1. The van der Waals surface area contributed by atoms with Gasteiger partial charge in [-0.1, -0.05) is 12.1 Å². The maximum Gasteiger partial charge on any atom is 0.181 e. The third-order valence-electron chi connectivity index (χ3n) is 3.23. The minimum atomic E-state index is 0.559. The summed E-state index contributed by atoms with van der Waals surface area (Å²) >= 11 is 0. The Labute approximate surface area is 116 Å². The number of ether oxygens (including phenoxy) is 2. The predicted octanol–water partition coefficient (Wildman–Crippen LogP) is 2.60. The first-order valence-electron chi connectivity index (χ1n) is 6.20. The van der Waals surface area contributed by atoms with Gasteiger partial charge >= 0.3 is 0 Å². The van der Waals surface area contributed by atoms with E-state index >= 15 is 0 Å². The number of methoxy groups -OCH3 is 2. The average molecular weight is 269 g/mol. The van der Waals surface area contributed by atoms with Crippen molar-refractivity contribution < 1.29 is 9.47 Å². The molecule has 20 heavy (non-hydrogen) atoms. The molecule has 1 aromatic carbocycles. The van der Waals surface area contributed by atoms with Crippen molar-refractivity contribution in [3.63, 3.8) is 0 Å². The Hall–Kier alpha value is -2.69. The topological polar surface area (TPSA) is 61.8 Å². The third-order valence-corrected chi connectivity index (χ3v) is 3.23. The summed E-state index contributed by atoms with van der Waals surface area (Å²) in [5, 5.41) is 0. The van der Waals surface area contributed by atoms with E-state index in [4.69, 9.17) is 15.2 Å². The Kier molecular flexibility index (Phi) is 2.95. The quantitative estimate of drug-likeness (QED) is 0.794. The van der Waals surface area contributed by atoms with Crippen LogP contribution >= 0.6 is 0 Å². The number of hydrogen-bond acceptors (Lipinski definition) is 4. The van der Waals surface area contributed by atoms with E-state index in [9.17, 15) is 0 Å². The zero-order valence-corrected chi connectivity index (χ0v) is 11.3. The highest BCUT2D eigenvalue weighted by molar-refractivity contribution is 5.80. The molecule has 102 valence electrons.